The summed E-state index contributed by atoms with van der Waals surface area (Å²) in [6.45, 7) is 13.6. The largest absolute Gasteiger partial charge is 0.471 e. The van der Waals surface area contributed by atoms with Crippen LogP contribution in [-0.2, 0) is 55.6 Å². The lowest BCUT2D eigenvalue weighted by molar-refractivity contribution is -0.167. The minimum atomic E-state index is -5.11. The highest BCUT2D eigenvalue weighted by atomic mass is 32.2. The normalized spacial score (nSPS) is 18.1. The van der Waals surface area contributed by atoms with Crippen molar-refractivity contribution in [2.75, 3.05) is 47.2 Å². The highest BCUT2D eigenvalue weighted by Crippen LogP contribution is 2.30. The number of likely N-dealkylation sites (tertiary alicyclic amines) is 1. The third-order valence-corrected chi connectivity index (χ3v) is 13.7. The molecule has 0 aliphatic carbocycles. The number of alkyl halides is 3. The van der Waals surface area contributed by atoms with E-state index in [2.05, 4.69) is 15.4 Å². The maximum Gasteiger partial charge on any atom is 0.471 e. The van der Waals surface area contributed by atoms with E-state index in [0.29, 0.717) is 31.4 Å². The molecule has 4 N–H and O–H groups in total. The smallest absolute Gasteiger partial charge is 0.379 e. The van der Waals surface area contributed by atoms with E-state index in [4.69, 9.17) is 9.47 Å². The lowest BCUT2D eigenvalue weighted by Crippen LogP contribution is -2.59. The number of ether oxygens (including phenoxy) is 2. The van der Waals surface area contributed by atoms with Gasteiger partial charge in [0.15, 0.2) is 11.0 Å². The van der Waals surface area contributed by atoms with Gasteiger partial charge in [0.25, 0.3) is 5.91 Å². The van der Waals surface area contributed by atoms with Crippen molar-refractivity contribution < 1.29 is 55.6 Å². The number of amides is 6. The molecule has 68 heavy (non-hydrogen) atoms. The molecule has 1 aliphatic heterocycles. The van der Waals surface area contributed by atoms with Crippen LogP contribution in [0.5, 0.6) is 0 Å². The Kier molecular flexibility index (Phi) is 22.1. The van der Waals surface area contributed by atoms with Crippen molar-refractivity contribution in [3.8, 4) is 0 Å². The van der Waals surface area contributed by atoms with Crippen LogP contribution < -0.4 is 20.7 Å². The van der Waals surface area contributed by atoms with Gasteiger partial charge in [-0.1, -0.05) is 85.2 Å². The molecule has 1 fully saturated rings. The van der Waals surface area contributed by atoms with Crippen molar-refractivity contribution in [3.05, 3.63) is 60.2 Å². The third-order valence-electron chi connectivity index (χ3n) is 12.6. The number of hydrogen-bond acceptors (Lipinski definition) is 10. The second kappa shape index (κ2) is 26.2. The van der Waals surface area contributed by atoms with Crippen molar-refractivity contribution in [2.45, 2.75) is 134 Å². The summed E-state index contributed by atoms with van der Waals surface area (Å²) in [5.74, 6) is -5.65. The summed E-state index contributed by atoms with van der Waals surface area (Å²) in [4.78, 5) is 86.6. The zero-order chi connectivity index (χ0) is 51.2. The predicted octanol–water partition coefficient (Wildman–Crippen LogP) is 4.70. The topological polar surface area (TPSA) is 196 Å². The van der Waals surface area contributed by atoms with Crippen LogP contribution in [0.25, 0.3) is 0 Å². The number of nitrogens with one attached hydrogen (secondary N) is 4. The highest BCUT2D eigenvalue weighted by Gasteiger charge is 2.44. The third kappa shape index (κ3) is 15.5. The summed E-state index contributed by atoms with van der Waals surface area (Å²) in [5.41, 5.74) is 0.473. The van der Waals surface area contributed by atoms with Gasteiger partial charge < -0.3 is 35.2 Å². The van der Waals surface area contributed by atoms with Gasteiger partial charge in [-0.05, 0) is 74.5 Å². The van der Waals surface area contributed by atoms with Crippen LogP contribution in [0.4, 0.5) is 18.9 Å². The second-order valence-corrected chi connectivity index (χ2v) is 19.6. The maximum atomic E-state index is 14.4. The number of benzene rings is 2. The minimum absolute atomic E-state index is 0.00196. The van der Waals surface area contributed by atoms with Gasteiger partial charge in [0, 0.05) is 39.9 Å². The van der Waals surface area contributed by atoms with E-state index >= 15 is 0 Å². The Bertz CT molecular complexity index is 2020. The average molecular weight is 980 g/mol. The average Bonchev–Trinajstić information content (AvgIpc) is 3.77. The van der Waals surface area contributed by atoms with Crippen LogP contribution in [0.15, 0.2) is 59.5 Å². The number of carbonyl (C=O) groups is 6. The molecular formula is C48H72F3N7O9S. The molecule has 0 bridgehead atoms. The number of anilines is 1. The summed E-state index contributed by atoms with van der Waals surface area (Å²) in [7, 11) is 6.05. The number of likely N-dealkylation sites (N-methyl/N-ethyl adjacent to an activating group) is 2. The molecule has 10 atom stereocenters. The van der Waals surface area contributed by atoms with E-state index in [1.807, 2.05) is 60.5 Å². The van der Waals surface area contributed by atoms with Gasteiger partial charge in [-0.25, -0.2) is 4.21 Å². The van der Waals surface area contributed by atoms with E-state index in [1.54, 1.807) is 59.4 Å². The number of nitrogens with zero attached hydrogens (tertiary/aromatic N) is 3. The van der Waals surface area contributed by atoms with Crippen molar-refractivity contribution in [3.63, 3.8) is 0 Å². The molecule has 6 amide bonds. The van der Waals surface area contributed by atoms with Gasteiger partial charge in [-0.2, -0.15) is 13.2 Å². The molecule has 2 unspecified atom stereocenters. The first kappa shape index (κ1) is 57.4. The summed E-state index contributed by atoms with van der Waals surface area (Å²) in [6.07, 6.45) is -4.96. The van der Waals surface area contributed by atoms with Gasteiger partial charge in [-0.3, -0.25) is 38.4 Å². The second-order valence-electron chi connectivity index (χ2n) is 18.4. The first-order valence-corrected chi connectivity index (χ1v) is 24.2. The van der Waals surface area contributed by atoms with Crippen LogP contribution in [0.3, 0.4) is 0 Å². The molecule has 2 aromatic carbocycles. The summed E-state index contributed by atoms with van der Waals surface area (Å²) >= 11 is 0. The highest BCUT2D eigenvalue weighted by molar-refractivity contribution is 7.83. The van der Waals surface area contributed by atoms with E-state index in [1.165, 1.54) is 26.4 Å². The molecule has 0 radical (unpaired) electrons. The number of carbonyl (C=O) groups excluding carboxylic acids is 6. The van der Waals surface area contributed by atoms with Gasteiger partial charge in [0.05, 0.1) is 47.6 Å². The van der Waals surface area contributed by atoms with Crippen LogP contribution >= 0.6 is 0 Å². The quantitative estimate of drug-likeness (QED) is 0.115. The van der Waals surface area contributed by atoms with Gasteiger partial charge in [0.1, 0.15) is 12.1 Å². The molecule has 1 saturated heterocycles. The maximum absolute atomic E-state index is 14.4. The zero-order valence-electron chi connectivity index (χ0n) is 41.3. The summed E-state index contributed by atoms with van der Waals surface area (Å²) in [5, 5.41) is 7.49. The standard InChI is InChI=1S/C48H72F3N7O9S/c1-13-30(6)41(57(10)46(63)39(28(2)3)54-45(62)40(29(4)5)56(8)9)37(66-11)27-38(59)58-25-17-20-36(58)42(67-12)31(7)43(60)53-35(26-32-18-15-14-16-19-32)44(61)55-68(65)34-23-21-33(22-24-34)52-47(64)48(49,50)51/h14-16,18-19,21-24,28-31,35-37,39-42H,13,17,20,25-27H2,1-12H3,(H,52,64)(H,53,60)(H,54,62)(H,55,61)/t30?,31-,35+,36+,37-,39+,40+,41+,42-,68?/m1/s1. The van der Waals surface area contributed by atoms with Crippen molar-refractivity contribution in [1.29, 1.82) is 0 Å². The van der Waals surface area contributed by atoms with E-state index in [0.717, 1.165) is 12.1 Å². The first-order chi connectivity index (χ1) is 31.9. The molecule has 0 spiro atoms. The fraction of sp³-hybridized carbons (Fsp3) is 0.625. The number of methoxy groups -OCH3 is 2. The Morgan fingerprint density at radius 2 is 1.46 bits per heavy atom. The molecule has 3 rings (SSSR count). The van der Waals surface area contributed by atoms with Crippen LogP contribution in [-0.4, -0.2) is 145 Å². The van der Waals surface area contributed by atoms with Gasteiger partial charge >= 0.3 is 12.1 Å². The SMILES string of the molecule is CCC(C)[C@@H]([C@@H](CC(=O)N1CCC[C@H]1[C@H](OC)[C@@H](C)C(=O)N[C@@H](Cc1ccccc1)C(=O)NS(=O)c1ccc(NC(=O)C(F)(F)F)cc1)OC)N(C)C(=O)[C@@H](NC(=O)[C@H](C(C)C)N(C)C)C(C)C. The van der Waals surface area contributed by atoms with E-state index in [9.17, 15) is 46.1 Å². The van der Waals surface area contributed by atoms with E-state index in [-0.39, 0.29) is 58.9 Å². The van der Waals surface area contributed by atoms with Gasteiger partial charge in [-0.15, -0.1) is 0 Å². The Labute approximate surface area is 401 Å². The van der Waals surface area contributed by atoms with Crippen LogP contribution in [0, 0.1) is 23.7 Å². The van der Waals surface area contributed by atoms with Crippen molar-refractivity contribution >= 4 is 52.1 Å². The van der Waals surface area contributed by atoms with E-state index < -0.39 is 83.2 Å². The number of rotatable bonds is 24. The summed E-state index contributed by atoms with van der Waals surface area (Å²) < 4.78 is 65.8. The molecule has 20 heteroatoms. The Morgan fingerprint density at radius 1 is 0.838 bits per heavy atom. The molecule has 2 aromatic rings. The lowest BCUT2D eigenvalue weighted by Gasteiger charge is -2.41. The number of halogens is 3. The fourth-order valence-corrected chi connectivity index (χ4v) is 9.68. The number of hydrogen-bond donors (Lipinski definition) is 4. The molecule has 1 aliphatic rings. The minimum Gasteiger partial charge on any atom is -0.379 e. The summed E-state index contributed by atoms with van der Waals surface area (Å²) in [6, 6.07) is 9.75. The van der Waals surface area contributed by atoms with Crippen LogP contribution in [0.1, 0.15) is 79.7 Å². The molecule has 380 valence electrons. The first-order valence-electron chi connectivity index (χ1n) is 23.0. The van der Waals surface area contributed by atoms with Gasteiger partial charge in [0.2, 0.25) is 23.6 Å². The van der Waals surface area contributed by atoms with Crippen molar-refractivity contribution in [1.82, 2.24) is 30.1 Å². The zero-order valence-corrected chi connectivity index (χ0v) is 42.2. The fourth-order valence-electron chi connectivity index (χ4n) is 8.86. The van der Waals surface area contributed by atoms with Crippen LogP contribution in [0.2, 0.25) is 0 Å². The molecule has 1 heterocycles. The Hall–Kier alpha value is -4.92. The Balaban J connectivity index is 1.81. The molecule has 0 saturated carbocycles. The van der Waals surface area contributed by atoms with Crippen molar-refractivity contribution in [2.24, 2.45) is 23.7 Å². The lowest BCUT2D eigenvalue weighted by atomic mass is 9.89. The molecule has 16 nitrogen and oxygen atoms in total. The monoisotopic (exact) mass is 980 g/mol. The molecule has 0 aromatic heterocycles. The Morgan fingerprint density at radius 3 is 1.97 bits per heavy atom. The predicted molar refractivity (Wildman–Crippen MR) is 253 cm³/mol. The molecular weight excluding hydrogens is 908 g/mol.